The summed E-state index contributed by atoms with van der Waals surface area (Å²) in [5.41, 5.74) is 1.20. The molecule has 0 aliphatic carbocycles. The molecule has 0 aliphatic rings. The highest BCUT2D eigenvalue weighted by atomic mass is 79.9. The standard InChI is InChI=1S/C19H13BrCl2N4O2S/c20-15-11-26(10-13-6-7-14(21)9-16(13)22)24-19(15)25-29(27,28)17-5-1-3-12-4-2-8-23-18(12)17/h1-9,11H,10H2,(H,24,25). The zero-order valence-corrected chi connectivity index (χ0v) is 18.6. The number of sulfonamides is 1. The van der Waals surface area contributed by atoms with Crippen molar-refractivity contribution < 1.29 is 8.42 Å². The molecule has 4 aromatic rings. The van der Waals surface area contributed by atoms with Gasteiger partial charge in [-0.25, -0.2) is 8.42 Å². The van der Waals surface area contributed by atoms with Crippen LogP contribution >= 0.6 is 39.1 Å². The summed E-state index contributed by atoms with van der Waals surface area (Å²) in [4.78, 5) is 4.29. The van der Waals surface area contributed by atoms with Crippen LogP contribution in [0.4, 0.5) is 5.82 Å². The number of anilines is 1. The largest absolute Gasteiger partial charge is 0.265 e. The lowest BCUT2D eigenvalue weighted by atomic mass is 10.2. The second kappa shape index (κ2) is 7.95. The first-order valence-electron chi connectivity index (χ1n) is 8.37. The molecular formula is C19H13BrCl2N4O2S. The predicted molar refractivity (Wildman–Crippen MR) is 118 cm³/mol. The van der Waals surface area contributed by atoms with E-state index in [1.807, 2.05) is 12.1 Å². The van der Waals surface area contributed by atoms with Gasteiger partial charge in [0.25, 0.3) is 10.0 Å². The number of nitrogens with one attached hydrogen (secondary N) is 1. The van der Waals surface area contributed by atoms with Gasteiger partial charge in [0.2, 0.25) is 0 Å². The molecule has 0 amide bonds. The molecule has 1 N–H and O–H groups in total. The molecule has 29 heavy (non-hydrogen) atoms. The number of hydrogen-bond donors (Lipinski definition) is 1. The average molecular weight is 512 g/mol. The smallest absolute Gasteiger partial charge is 0.265 e. The van der Waals surface area contributed by atoms with E-state index in [-0.39, 0.29) is 10.7 Å². The quantitative estimate of drug-likeness (QED) is 0.391. The van der Waals surface area contributed by atoms with Gasteiger partial charge in [-0.3, -0.25) is 14.4 Å². The first kappa shape index (κ1) is 20.2. The summed E-state index contributed by atoms with van der Waals surface area (Å²) in [6, 6.07) is 13.7. The molecule has 4 rings (SSSR count). The minimum absolute atomic E-state index is 0.0813. The highest BCUT2D eigenvalue weighted by molar-refractivity contribution is 9.10. The maximum atomic E-state index is 13.0. The number of aromatic nitrogens is 3. The predicted octanol–water partition coefficient (Wildman–Crippen LogP) is 5.35. The summed E-state index contributed by atoms with van der Waals surface area (Å²) in [5, 5.41) is 6.11. The van der Waals surface area contributed by atoms with Crippen molar-refractivity contribution in [2.75, 3.05) is 4.72 Å². The van der Waals surface area contributed by atoms with E-state index in [9.17, 15) is 8.42 Å². The van der Waals surface area contributed by atoms with Gasteiger partial charge in [0.05, 0.1) is 16.5 Å². The fraction of sp³-hybridized carbons (Fsp3) is 0.0526. The topological polar surface area (TPSA) is 76.9 Å². The summed E-state index contributed by atoms with van der Waals surface area (Å²) in [5.74, 6) is 0.169. The van der Waals surface area contributed by atoms with E-state index in [2.05, 4.69) is 30.7 Å². The Morgan fingerprint density at radius 1 is 1.10 bits per heavy atom. The van der Waals surface area contributed by atoms with E-state index < -0.39 is 10.0 Å². The molecule has 2 aromatic carbocycles. The van der Waals surface area contributed by atoms with E-state index in [4.69, 9.17) is 23.2 Å². The summed E-state index contributed by atoms with van der Waals surface area (Å²) in [6.07, 6.45) is 3.23. The third-order valence-corrected chi connectivity index (χ3v) is 6.72. The molecule has 2 heterocycles. The Labute approximate surface area is 185 Å². The van der Waals surface area contributed by atoms with Gasteiger partial charge in [-0.05, 0) is 45.8 Å². The van der Waals surface area contributed by atoms with Crippen molar-refractivity contribution in [2.45, 2.75) is 11.4 Å². The Kier molecular flexibility index (Phi) is 5.52. The van der Waals surface area contributed by atoms with Crippen molar-refractivity contribution in [1.29, 1.82) is 0 Å². The Morgan fingerprint density at radius 2 is 1.90 bits per heavy atom. The van der Waals surface area contributed by atoms with E-state index in [1.54, 1.807) is 47.4 Å². The van der Waals surface area contributed by atoms with Gasteiger partial charge in [0.1, 0.15) is 4.90 Å². The van der Waals surface area contributed by atoms with Crippen LogP contribution in [0.2, 0.25) is 10.0 Å². The maximum Gasteiger partial charge on any atom is 0.265 e. The Hall–Kier alpha value is -2.13. The first-order chi connectivity index (χ1) is 13.8. The van der Waals surface area contributed by atoms with Gasteiger partial charge in [-0.1, -0.05) is 47.5 Å². The molecular weight excluding hydrogens is 499 g/mol. The second-order valence-corrected chi connectivity index (χ2v) is 9.54. The third-order valence-electron chi connectivity index (χ3n) is 4.18. The molecule has 6 nitrogen and oxygen atoms in total. The van der Waals surface area contributed by atoms with Crippen LogP contribution in [-0.2, 0) is 16.6 Å². The van der Waals surface area contributed by atoms with Crippen LogP contribution in [-0.4, -0.2) is 23.2 Å². The maximum absolute atomic E-state index is 13.0. The van der Waals surface area contributed by atoms with Gasteiger partial charge in [-0.2, -0.15) is 5.10 Å². The number of nitrogens with zero attached hydrogens (tertiary/aromatic N) is 3. The van der Waals surface area contributed by atoms with Crippen molar-refractivity contribution in [3.05, 3.63) is 81.0 Å². The lowest BCUT2D eigenvalue weighted by molar-refractivity contribution is 0.601. The number of para-hydroxylation sites is 1. The van der Waals surface area contributed by atoms with Gasteiger partial charge in [-0.15, -0.1) is 0 Å². The van der Waals surface area contributed by atoms with Crippen LogP contribution in [0.25, 0.3) is 10.9 Å². The molecule has 0 spiro atoms. The number of halogens is 3. The molecule has 148 valence electrons. The highest BCUT2D eigenvalue weighted by Gasteiger charge is 2.21. The Morgan fingerprint density at radius 3 is 2.69 bits per heavy atom. The van der Waals surface area contributed by atoms with Gasteiger partial charge in [0, 0.05) is 27.8 Å². The first-order valence-corrected chi connectivity index (χ1v) is 11.4. The van der Waals surface area contributed by atoms with E-state index in [1.165, 1.54) is 6.07 Å². The average Bonchev–Trinajstić information content (AvgIpc) is 3.02. The molecule has 0 bridgehead atoms. The number of hydrogen-bond acceptors (Lipinski definition) is 4. The van der Waals surface area contributed by atoms with E-state index in [0.717, 1.165) is 10.9 Å². The van der Waals surface area contributed by atoms with Gasteiger partial charge in [0.15, 0.2) is 5.82 Å². The summed E-state index contributed by atoms with van der Waals surface area (Å²) in [7, 11) is -3.90. The summed E-state index contributed by atoms with van der Waals surface area (Å²) in [6.45, 7) is 0.353. The Bertz CT molecular complexity index is 1320. The molecule has 0 fully saturated rings. The number of rotatable bonds is 5. The van der Waals surface area contributed by atoms with Crippen LogP contribution < -0.4 is 4.72 Å². The molecule has 0 unspecified atom stereocenters. The zero-order chi connectivity index (χ0) is 20.6. The minimum Gasteiger partial charge on any atom is -0.265 e. The van der Waals surface area contributed by atoms with Crippen molar-refractivity contribution in [1.82, 2.24) is 14.8 Å². The number of pyridine rings is 1. The van der Waals surface area contributed by atoms with E-state index in [0.29, 0.717) is 26.6 Å². The van der Waals surface area contributed by atoms with Crippen LogP contribution in [0.15, 0.2) is 70.3 Å². The molecule has 0 aliphatic heterocycles. The SMILES string of the molecule is O=S(=O)(Nc1nn(Cc2ccc(Cl)cc2Cl)cc1Br)c1cccc2cccnc12. The van der Waals surface area contributed by atoms with Crippen molar-refractivity contribution in [2.24, 2.45) is 0 Å². The van der Waals surface area contributed by atoms with Gasteiger partial charge < -0.3 is 0 Å². The fourth-order valence-corrected chi connectivity index (χ4v) is 5.06. The molecule has 2 aromatic heterocycles. The van der Waals surface area contributed by atoms with Crippen LogP contribution in [0.5, 0.6) is 0 Å². The van der Waals surface area contributed by atoms with Gasteiger partial charge >= 0.3 is 0 Å². The molecule has 0 saturated heterocycles. The fourth-order valence-electron chi connectivity index (χ4n) is 2.85. The Balaban J connectivity index is 1.64. The zero-order valence-electron chi connectivity index (χ0n) is 14.7. The van der Waals surface area contributed by atoms with Crippen molar-refractivity contribution in [3.63, 3.8) is 0 Å². The number of benzene rings is 2. The van der Waals surface area contributed by atoms with Crippen molar-refractivity contribution in [3.8, 4) is 0 Å². The monoisotopic (exact) mass is 510 g/mol. The number of fused-ring (bicyclic) bond motifs is 1. The van der Waals surface area contributed by atoms with E-state index >= 15 is 0 Å². The summed E-state index contributed by atoms with van der Waals surface area (Å²) >= 11 is 15.5. The van der Waals surface area contributed by atoms with Crippen molar-refractivity contribution >= 4 is 65.9 Å². The van der Waals surface area contributed by atoms with Crippen LogP contribution in [0, 0.1) is 0 Å². The third kappa shape index (κ3) is 4.25. The highest BCUT2D eigenvalue weighted by Crippen LogP contribution is 2.28. The second-order valence-electron chi connectivity index (χ2n) is 6.20. The lowest BCUT2D eigenvalue weighted by Crippen LogP contribution is -2.15. The van der Waals surface area contributed by atoms with Crippen LogP contribution in [0.1, 0.15) is 5.56 Å². The van der Waals surface area contributed by atoms with Crippen LogP contribution in [0.3, 0.4) is 0 Å². The molecule has 10 heteroatoms. The minimum atomic E-state index is -3.90. The molecule has 0 saturated carbocycles. The molecule has 0 atom stereocenters. The molecule has 0 radical (unpaired) electrons. The normalized spacial score (nSPS) is 11.7. The summed E-state index contributed by atoms with van der Waals surface area (Å²) < 4.78 is 30.5. The lowest BCUT2D eigenvalue weighted by Gasteiger charge is -2.08.